The molecule has 1 aliphatic heterocycles. The molecule has 0 unspecified atom stereocenters. The topological polar surface area (TPSA) is 92.5 Å². The average molecular weight is 350 g/mol. The molecule has 8 nitrogen and oxygen atoms in total. The van der Waals surface area contributed by atoms with Crippen LogP contribution >= 0.6 is 11.6 Å². The second-order valence-corrected chi connectivity index (χ2v) is 5.66. The van der Waals surface area contributed by atoms with E-state index in [1.165, 1.54) is 13.3 Å². The number of halogens is 1. The summed E-state index contributed by atoms with van der Waals surface area (Å²) in [6.07, 6.45) is 1.50. The largest absolute Gasteiger partial charge is 0.481 e. The van der Waals surface area contributed by atoms with Crippen molar-refractivity contribution in [3.8, 4) is 5.88 Å². The molecular formula is C15H16ClN5O3. The van der Waals surface area contributed by atoms with Gasteiger partial charge in [0.05, 0.1) is 41.8 Å². The van der Waals surface area contributed by atoms with Gasteiger partial charge in [-0.25, -0.2) is 10.4 Å². The third-order valence-electron chi connectivity index (χ3n) is 3.48. The number of ether oxygens (including phenoxy) is 1. The van der Waals surface area contributed by atoms with E-state index in [1.807, 2.05) is 7.05 Å². The Hall–Kier alpha value is -2.58. The summed E-state index contributed by atoms with van der Waals surface area (Å²) in [5, 5.41) is 8.84. The lowest BCUT2D eigenvalue weighted by Crippen LogP contribution is -2.27. The number of aromatic nitrogens is 2. The van der Waals surface area contributed by atoms with Crippen LogP contribution in [0.15, 0.2) is 27.9 Å². The lowest BCUT2D eigenvalue weighted by molar-refractivity contribution is 0.101. The van der Waals surface area contributed by atoms with Crippen LogP contribution in [-0.2, 0) is 0 Å². The van der Waals surface area contributed by atoms with E-state index in [1.54, 1.807) is 24.1 Å². The summed E-state index contributed by atoms with van der Waals surface area (Å²) in [5.74, 6) is 0.584. The number of nitrogens with zero attached hydrogens (tertiary/aromatic N) is 3. The number of aryl methyl sites for hydroxylation is 1. The van der Waals surface area contributed by atoms with Gasteiger partial charge < -0.3 is 19.6 Å². The number of hydrogen-bond donors (Lipinski definition) is 2. The Bertz CT molecular complexity index is 817. The van der Waals surface area contributed by atoms with Gasteiger partial charge in [-0.3, -0.25) is 4.79 Å². The number of amides is 1. The van der Waals surface area contributed by atoms with Crippen molar-refractivity contribution >= 4 is 28.9 Å². The maximum Gasteiger partial charge on any atom is 0.277 e. The number of rotatable bonds is 4. The van der Waals surface area contributed by atoms with Crippen molar-refractivity contribution in [1.29, 1.82) is 0 Å². The predicted molar refractivity (Wildman–Crippen MR) is 88.5 cm³/mol. The van der Waals surface area contributed by atoms with Gasteiger partial charge in [0.2, 0.25) is 5.88 Å². The minimum atomic E-state index is -0.386. The van der Waals surface area contributed by atoms with Crippen LogP contribution in [0.2, 0.25) is 0 Å². The molecule has 0 radical (unpaired) electrons. The quantitative estimate of drug-likeness (QED) is 0.872. The summed E-state index contributed by atoms with van der Waals surface area (Å²) < 4.78 is 10.2. The van der Waals surface area contributed by atoms with Gasteiger partial charge in [-0.2, -0.15) is 0 Å². The van der Waals surface area contributed by atoms with E-state index in [4.69, 9.17) is 20.9 Å². The van der Waals surface area contributed by atoms with Crippen LogP contribution in [0, 0.1) is 6.92 Å². The Morgan fingerprint density at radius 3 is 2.88 bits per heavy atom. The lowest BCUT2D eigenvalue weighted by atomic mass is 10.1. The molecule has 0 saturated carbocycles. The molecule has 0 fully saturated rings. The van der Waals surface area contributed by atoms with Gasteiger partial charge >= 0.3 is 0 Å². The summed E-state index contributed by atoms with van der Waals surface area (Å²) >= 11 is 6.28. The fourth-order valence-corrected chi connectivity index (χ4v) is 2.67. The molecule has 1 amide bonds. The van der Waals surface area contributed by atoms with Crippen molar-refractivity contribution < 1.29 is 14.1 Å². The van der Waals surface area contributed by atoms with Crippen LogP contribution in [-0.4, -0.2) is 41.8 Å². The van der Waals surface area contributed by atoms with Gasteiger partial charge in [0.25, 0.3) is 5.91 Å². The standard InChI is InChI=1S/C15H16ClN5O3/c1-8-4-12(20-24-8)14(22)19-9-5-10(15(23-3)17-6-9)13-11(16)7-18-21(13)2/h4-6,18H,7H2,1-3H3,(H,19,22). The molecular weight excluding hydrogens is 334 g/mol. The SMILES string of the molecule is COc1ncc(NC(=O)c2cc(C)on2)cc1C1=C(Cl)CNN1C. The maximum absolute atomic E-state index is 12.2. The molecule has 0 bridgehead atoms. The molecule has 3 heterocycles. The van der Waals surface area contributed by atoms with Gasteiger partial charge in [0, 0.05) is 13.1 Å². The first-order chi connectivity index (χ1) is 11.5. The molecule has 24 heavy (non-hydrogen) atoms. The number of carbonyl (C=O) groups is 1. The molecule has 0 spiro atoms. The Kier molecular flexibility index (Phi) is 4.41. The van der Waals surface area contributed by atoms with Crippen molar-refractivity contribution in [2.24, 2.45) is 0 Å². The number of anilines is 1. The van der Waals surface area contributed by atoms with Crippen molar-refractivity contribution in [2.45, 2.75) is 6.92 Å². The first-order valence-corrected chi connectivity index (χ1v) is 7.52. The second kappa shape index (κ2) is 6.50. The number of nitrogens with one attached hydrogen (secondary N) is 2. The summed E-state index contributed by atoms with van der Waals surface area (Å²) in [5.41, 5.74) is 5.20. The van der Waals surface area contributed by atoms with Crippen molar-refractivity contribution in [3.05, 3.63) is 40.4 Å². The number of methoxy groups -OCH3 is 1. The van der Waals surface area contributed by atoms with E-state index in [2.05, 4.69) is 20.9 Å². The maximum atomic E-state index is 12.2. The molecule has 0 aliphatic carbocycles. The first-order valence-electron chi connectivity index (χ1n) is 7.14. The molecule has 1 aliphatic rings. The summed E-state index contributed by atoms with van der Waals surface area (Å²) in [4.78, 5) is 16.4. The molecule has 2 N–H and O–H groups in total. The minimum Gasteiger partial charge on any atom is -0.481 e. The van der Waals surface area contributed by atoms with E-state index >= 15 is 0 Å². The summed E-state index contributed by atoms with van der Waals surface area (Å²) in [6.45, 7) is 2.24. The fourth-order valence-electron chi connectivity index (χ4n) is 2.38. The average Bonchev–Trinajstić information content (AvgIpc) is 3.13. The third-order valence-corrected chi connectivity index (χ3v) is 3.79. The van der Waals surface area contributed by atoms with E-state index in [0.29, 0.717) is 34.5 Å². The van der Waals surface area contributed by atoms with Crippen LogP contribution in [0.25, 0.3) is 5.70 Å². The van der Waals surface area contributed by atoms with Gasteiger partial charge in [0.1, 0.15) is 5.76 Å². The van der Waals surface area contributed by atoms with Crippen LogP contribution in [0.3, 0.4) is 0 Å². The lowest BCUT2D eigenvalue weighted by Gasteiger charge is -2.18. The molecule has 2 aromatic heterocycles. The highest BCUT2D eigenvalue weighted by molar-refractivity contribution is 6.33. The normalized spacial score (nSPS) is 14.2. The highest BCUT2D eigenvalue weighted by Gasteiger charge is 2.24. The van der Waals surface area contributed by atoms with Gasteiger partial charge in [0.15, 0.2) is 5.69 Å². The molecule has 3 rings (SSSR count). The minimum absolute atomic E-state index is 0.196. The molecule has 2 aromatic rings. The molecule has 0 saturated heterocycles. The van der Waals surface area contributed by atoms with Crippen molar-refractivity contribution in [3.63, 3.8) is 0 Å². The summed E-state index contributed by atoms with van der Waals surface area (Å²) in [6, 6.07) is 3.30. The molecule has 0 atom stereocenters. The highest BCUT2D eigenvalue weighted by Crippen LogP contribution is 2.33. The van der Waals surface area contributed by atoms with E-state index in [0.717, 1.165) is 5.70 Å². The molecule has 9 heteroatoms. The Balaban J connectivity index is 1.92. The van der Waals surface area contributed by atoms with Crippen LogP contribution < -0.4 is 15.5 Å². The summed E-state index contributed by atoms with van der Waals surface area (Å²) in [7, 11) is 3.37. The van der Waals surface area contributed by atoms with Gasteiger partial charge in [-0.15, -0.1) is 0 Å². The number of hydrazine groups is 1. The predicted octanol–water partition coefficient (Wildman–Crippen LogP) is 2.00. The number of hydrogen-bond acceptors (Lipinski definition) is 7. The Labute approximate surface area is 143 Å². The van der Waals surface area contributed by atoms with Gasteiger partial charge in [-0.05, 0) is 13.0 Å². The van der Waals surface area contributed by atoms with Gasteiger partial charge in [-0.1, -0.05) is 16.8 Å². The van der Waals surface area contributed by atoms with Crippen LogP contribution in [0.5, 0.6) is 5.88 Å². The smallest absolute Gasteiger partial charge is 0.277 e. The zero-order valence-electron chi connectivity index (χ0n) is 13.4. The highest BCUT2D eigenvalue weighted by atomic mass is 35.5. The Morgan fingerprint density at radius 1 is 1.50 bits per heavy atom. The zero-order valence-corrected chi connectivity index (χ0v) is 14.1. The van der Waals surface area contributed by atoms with Crippen molar-refractivity contribution in [1.82, 2.24) is 20.6 Å². The van der Waals surface area contributed by atoms with Crippen LogP contribution in [0.4, 0.5) is 5.69 Å². The number of pyridine rings is 1. The third kappa shape index (κ3) is 3.06. The second-order valence-electron chi connectivity index (χ2n) is 5.21. The van der Waals surface area contributed by atoms with E-state index in [9.17, 15) is 4.79 Å². The monoisotopic (exact) mass is 349 g/mol. The van der Waals surface area contributed by atoms with Crippen LogP contribution in [0.1, 0.15) is 21.8 Å². The van der Waals surface area contributed by atoms with Crippen molar-refractivity contribution in [2.75, 3.05) is 26.0 Å². The number of carbonyl (C=O) groups excluding carboxylic acids is 1. The van der Waals surface area contributed by atoms with E-state index in [-0.39, 0.29) is 11.6 Å². The van der Waals surface area contributed by atoms with E-state index < -0.39 is 0 Å². The first kappa shape index (κ1) is 16.3. The Morgan fingerprint density at radius 2 is 2.29 bits per heavy atom. The zero-order chi connectivity index (χ0) is 17.3. The molecule has 0 aromatic carbocycles. The fraction of sp³-hybridized carbons (Fsp3) is 0.267. The molecule has 126 valence electrons.